The summed E-state index contributed by atoms with van der Waals surface area (Å²) in [6.45, 7) is 7.05. The molecule has 1 aliphatic rings. The van der Waals surface area contributed by atoms with Crippen LogP contribution in [0.15, 0.2) is 0 Å². The summed E-state index contributed by atoms with van der Waals surface area (Å²) in [7, 11) is 0. The van der Waals surface area contributed by atoms with Crippen LogP contribution in [-0.2, 0) is 14.3 Å². The number of carboxylic acids is 1. The summed E-state index contributed by atoms with van der Waals surface area (Å²) in [4.78, 5) is 22.7. The van der Waals surface area contributed by atoms with Crippen LogP contribution in [0.5, 0.6) is 0 Å². The molecule has 0 aliphatic carbocycles. The van der Waals surface area contributed by atoms with Crippen LogP contribution in [-0.4, -0.2) is 35.7 Å². The lowest BCUT2D eigenvalue weighted by atomic mass is 9.87. The molecule has 0 aromatic rings. The molecule has 1 rings (SSSR count). The Morgan fingerprint density at radius 2 is 1.90 bits per heavy atom. The van der Waals surface area contributed by atoms with Crippen molar-refractivity contribution in [2.24, 2.45) is 5.41 Å². The second kappa shape index (κ2) is 7.62. The molecule has 0 saturated carbocycles. The predicted molar refractivity (Wildman–Crippen MR) is 76.5 cm³/mol. The lowest BCUT2D eigenvalue weighted by Crippen LogP contribution is -2.40. The fourth-order valence-corrected chi connectivity index (χ4v) is 2.39. The smallest absolute Gasteiger partial charge is 0.332 e. The first kappa shape index (κ1) is 17.0. The van der Waals surface area contributed by atoms with E-state index in [9.17, 15) is 9.59 Å². The van der Waals surface area contributed by atoms with E-state index in [4.69, 9.17) is 9.84 Å². The number of nitrogens with one attached hydrogen (secondary N) is 1. The minimum atomic E-state index is -0.986. The largest absolute Gasteiger partial charge is 0.479 e. The molecule has 5 nitrogen and oxygen atoms in total. The monoisotopic (exact) mass is 285 g/mol. The summed E-state index contributed by atoms with van der Waals surface area (Å²) >= 11 is 0. The van der Waals surface area contributed by atoms with Gasteiger partial charge in [-0.05, 0) is 24.7 Å². The van der Waals surface area contributed by atoms with Crippen LogP contribution in [0.4, 0.5) is 0 Å². The molecule has 0 bridgehead atoms. The number of rotatable bonds is 8. The average molecular weight is 285 g/mol. The SMILES string of the molecule is CCCCCC(C)(C)CNC(=O)[C@@H]1CC[C@H](C(=O)O)O1. The lowest BCUT2D eigenvalue weighted by Gasteiger charge is -2.25. The third-order valence-electron chi connectivity index (χ3n) is 3.79. The Hall–Kier alpha value is -1.10. The van der Waals surface area contributed by atoms with Crippen LogP contribution in [0.1, 0.15) is 59.3 Å². The van der Waals surface area contributed by atoms with Crippen molar-refractivity contribution < 1.29 is 19.4 Å². The minimum Gasteiger partial charge on any atom is -0.479 e. The predicted octanol–water partition coefficient (Wildman–Crippen LogP) is 2.34. The number of hydrogen-bond donors (Lipinski definition) is 2. The lowest BCUT2D eigenvalue weighted by molar-refractivity contribution is -0.151. The van der Waals surface area contributed by atoms with Crippen LogP contribution in [0.3, 0.4) is 0 Å². The fourth-order valence-electron chi connectivity index (χ4n) is 2.39. The average Bonchev–Trinajstić information content (AvgIpc) is 2.86. The van der Waals surface area contributed by atoms with Gasteiger partial charge in [0.15, 0.2) is 6.10 Å². The van der Waals surface area contributed by atoms with E-state index in [1.54, 1.807) is 0 Å². The van der Waals surface area contributed by atoms with Gasteiger partial charge in [-0.3, -0.25) is 4.79 Å². The molecule has 1 heterocycles. The van der Waals surface area contributed by atoms with Gasteiger partial charge >= 0.3 is 5.97 Å². The van der Waals surface area contributed by atoms with Crippen molar-refractivity contribution in [3.63, 3.8) is 0 Å². The van der Waals surface area contributed by atoms with Gasteiger partial charge in [-0.25, -0.2) is 4.79 Å². The van der Waals surface area contributed by atoms with Crippen molar-refractivity contribution in [1.82, 2.24) is 5.32 Å². The van der Waals surface area contributed by atoms with Crippen LogP contribution < -0.4 is 5.32 Å². The van der Waals surface area contributed by atoms with Gasteiger partial charge in [0, 0.05) is 6.54 Å². The van der Waals surface area contributed by atoms with Gasteiger partial charge in [-0.15, -0.1) is 0 Å². The number of amides is 1. The highest BCUT2D eigenvalue weighted by atomic mass is 16.5. The molecule has 2 N–H and O–H groups in total. The van der Waals surface area contributed by atoms with Crippen molar-refractivity contribution in [2.45, 2.75) is 71.5 Å². The number of carbonyl (C=O) groups excluding carboxylic acids is 1. The van der Waals surface area contributed by atoms with E-state index in [1.165, 1.54) is 19.3 Å². The maximum Gasteiger partial charge on any atom is 0.332 e. The Bertz CT molecular complexity index is 341. The maximum atomic E-state index is 12.0. The zero-order valence-corrected chi connectivity index (χ0v) is 12.8. The molecule has 0 radical (unpaired) electrons. The van der Waals surface area contributed by atoms with Gasteiger partial charge in [0.25, 0.3) is 0 Å². The number of carbonyl (C=O) groups is 2. The standard InChI is InChI=1S/C15H27NO4/c1-4-5-6-9-15(2,3)10-16-13(17)11-7-8-12(20-11)14(18)19/h11-12H,4-10H2,1-3H3,(H,16,17)(H,18,19)/t11-,12+/m0/s1. The molecular weight excluding hydrogens is 258 g/mol. The number of hydrogen-bond acceptors (Lipinski definition) is 3. The summed E-state index contributed by atoms with van der Waals surface area (Å²) in [5.41, 5.74) is 0.0651. The highest BCUT2D eigenvalue weighted by Crippen LogP contribution is 2.24. The Morgan fingerprint density at radius 1 is 1.25 bits per heavy atom. The zero-order valence-electron chi connectivity index (χ0n) is 12.8. The van der Waals surface area contributed by atoms with Crippen LogP contribution in [0, 0.1) is 5.41 Å². The molecule has 20 heavy (non-hydrogen) atoms. The third kappa shape index (κ3) is 5.49. The van der Waals surface area contributed by atoms with E-state index in [2.05, 4.69) is 26.1 Å². The molecule has 2 atom stereocenters. The number of ether oxygens (including phenoxy) is 1. The topological polar surface area (TPSA) is 75.6 Å². The van der Waals surface area contributed by atoms with E-state index >= 15 is 0 Å². The van der Waals surface area contributed by atoms with Crippen molar-refractivity contribution >= 4 is 11.9 Å². The molecule has 0 spiro atoms. The quantitative estimate of drug-likeness (QED) is 0.671. The van der Waals surface area contributed by atoms with Crippen LogP contribution >= 0.6 is 0 Å². The summed E-state index contributed by atoms with van der Waals surface area (Å²) in [6.07, 6.45) is 4.10. The van der Waals surface area contributed by atoms with E-state index in [0.717, 1.165) is 6.42 Å². The number of aliphatic carboxylic acids is 1. The normalized spacial score (nSPS) is 22.8. The first-order valence-electron chi connectivity index (χ1n) is 7.51. The summed E-state index contributed by atoms with van der Waals surface area (Å²) in [5, 5.41) is 11.7. The van der Waals surface area contributed by atoms with Gasteiger partial charge in [0.1, 0.15) is 6.10 Å². The van der Waals surface area contributed by atoms with Gasteiger partial charge in [0.05, 0.1) is 0 Å². The molecular formula is C15H27NO4. The highest BCUT2D eigenvalue weighted by Gasteiger charge is 2.35. The maximum absolute atomic E-state index is 12.0. The fraction of sp³-hybridized carbons (Fsp3) is 0.867. The number of carboxylic acid groups (broad SMARTS) is 1. The molecule has 5 heteroatoms. The summed E-state index contributed by atoms with van der Waals surface area (Å²) < 4.78 is 5.24. The molecule has 116 valence electrons. The van der Waals surface area contributed by atoms with Gasteiger partial charge in [-0.1, -0.05) is 40.0 Å². The Balaban J connectivity index is 2.30. The van der Waals surface area contributed by atoms with Crippen LogP contribution in [0.25, 0.3) is 0 Å². The Morgan fingerprint density at radius 3 is 2.45 bits per heavy atom. The van der Waals surface area contributed by atoms with E-state index in [-0.39, 0.29) is 11.3 Å². The molecule has 1 aliphatic heterocycles. The molecule has 1 fully saturated rings. The first-order chi connectivity index (χ1) is 9.35. The molecule has 1 saturated heterocycles. The third-order valence-corrected chi connectivity index (χ3v) is 3.79. The van der Waals surface area contributed by atoms with E-state index in [1.807, 2.05) is 0 Å². The summed E-state index contributed by atoms with van der Waals surface area (Å²) in [6, 6.07) is 0. The zero-order chi connectivity index (χ0) is 15.2. The molecule has 0 aromatic heterocycles. The molecule has 0 unspecified atom stereocenters. The van der Waals surface area contributed by atoms with Crippen molar-refractivity contribution in [1.29, 1.82) is 0 Å². The van der Waals surface area contributed by atoms with Crippen molar-refractivity contribution in [3.8, 4) is 0 Å². The Labute approximate surface area is 121 Å². The van der Waals surface area contributed by atoms with Crippen LogP contribution in [0.2, 0.25) is 0 Å². The van der Waals surface area contributed by atoms with E-state index in [0.29, 0.717) is 19.4 Å². The Kier molecular flexibility index (Phi) is 6.46. The second-order valence-electron chi connectivity index (χ2n) is 6.37. The highest BCUT2D eigenvalue weighted by molar-refractivity contribution is 5.82. The summed E-state index contributed by atoms with van der Waals surface area (Å²) in [5.74, 6) is -1.17. The molecule has 1 amide bonds. The van der Waals surface area contributed by atoms with E-state index < -0.39 is 18.2 Å². The second-order valence-corrected chi connectivity index (χ2v) is 6.37. The van der Waals surface area contributed by atoms with Crippen molar-refractivity contribution in [3.05, 3.63) is 0 Å². The van der Waals surface area contributed by atoms with Gasteiger partial charge in [0.2, 0.25) is 5.91 Å². The first-order valence-corrected chi connectivity index (χ1v) is 7.51. The van der Waals surface area contributed by atoms with Gasteiger partial charge < -0.3 is 15.2 Å². The minimum absolute atomic E-state index is 0.0651. The van der Waals surface area contributed by atoms with Crippen molar-refractivity contribution in [2.75, 3.05) is 6.54 Å². The van der Waals surface area contributed by atoms with Gasteiger partial charge in [-0.2, -0.15) is 0 Å². The number of unbranched alkanes of at least 4 members (excludes halogenated alkanes) is 2. The molecule has 0 aromatic carbocycles.